The summed E-state index contributed by atoms with van der Waals surface area (Å²) in [6, 6.07) is 11.5. The van der Waals surface area contributed by atoms with E-state index in [2.05, 4.69) is 15.2 Å². The Labute approximate surface area is 180 Å². The number of aliphatic hydroxyl groups is 1. The zero-order valence-electron chi connectivity index (χ0n) is 17.2. The molecule has 158 valence electrons. The van der Waals surface area contributed by atoms with Gasteiger partial charge < -0.3 is 20.1 Å². The van der Waals surface area contributed by atoms with Gasteiger partial charge in [0, 0.05) is 54.6 Å². The van der Waals surface area contributed by atoms with Crippen molar-refractivity contribution in [2.24, 2.45) is 0 Å². The minimum Gasteiger partial charge on any atom is -0.489 e. The standard InChI is InChI=1S/C23H26ClN3O3/c1-14-3-5-22(25-15(2)28)23(9-14)30-13-17(29)11-27-8-7-21-19(12-27)18-10-16(24)4-6-20(18)26-21/h3-6,9-10,17,26,29H,7-8,11-13H2,1-2H3,(H,25,28). The predicted octanol–water partition coefficient (Wildman–Crippen LogP) is 3.89. The summed E-state index contributed by atoms with van der Waals surface area (Å²) in [5.74, 6) is 0.406. The zero-order valence-corrected chi connectivity index (χ0v) is 17.9. The summed E-state index contributed by atoms with van der Waals surface area (Å²) in [6.45, 7) is 5.70. The molecule has 1 aliphatic heterocycles. The normalized spacial score (nSPS) is 15.1. The van der Waals surface area contributed by atoms with Gasteiger partial charge in [0.2, 0.25) is 5.91 Å². The largest absolute Gasteiger partial charge is 0.489 e. The Morgan fingerprint density at radius 2 is 2.17 bits per heavy atom. The van der Waals surface area contributed by atoms with Crippen LogP contribution < -0.4 is 10.1 Å². The van der Waals surface area contributed by atoms with Crippen LogP contribution in [0.15, 0.2) is 36.4 Å². The molecule has 3 N–H and O–H groups in total. The van der Waals surface area contributed by atoms with Crippen LogP contribution in [0.2, 0.25) is 5.02 Å². The van der Waals surface area contributed by atoms with E-state index in [4.69, 9.17) is 16.3 Å². The Hall–Kier alpha value is -2.54. The molecule has 3 aromatic rings. The van der Waals surface area contributed by atoms with Crippen molar-refractivity contribution in [2.45, 2.75) is 32.9 Å². The average molecular weight is 428 g/mol. The number of hydrogen-bond acceptors (Lipinski definition) is 4. The number of β-amino-alcohol motifs (C(OH)–C–C–N with tert-alkyl or cyclic N) is 1. The lowest BCUT2D eigenvalue weighted by Gasteiger charge is -2.29. The minimum atomic E-state index is -0.647. The third-order valence-corrected chi connectivity index (χ3v) is 5.60. The van der Waals surface area contributed by atoms with Crippen LogP contribution in [0.3, 0.4) is 0 Å². The zero-order chi connectivity index (χ0) is 21.3. The molecule has 6 nitrogen and oxygen atoms in total. The molecular weight excluding hydrogens is 402 g/mol. The van der Waals surface area contributed by atoms with Crippen molar-refractivity contribution in [3.63, 3.8) is 0 Å². The number of aryl methyl sites for hydroxylation is 1. The third kappa shape index (κ3) is 4.61. The number of rotatable bonds is 6. The number of aromatic amines is 1. The number of amides is 1. The minimum absolute atomic E-state index is 0.152. The summed E-state index contributed by atoms with van der Waals surface area (Å²) in [4.78, 5) is 17.1. The van der Waals surface area contributed by atoms with Crippen LogP contribution in [0.1, 0.15) is 23.7 Å². The van der Waals surface area contributed by atoms with Gasteiger partial charge >= 0.3 is 0 Å². The summed E-state index contributed by atoms with van der Waals surface area (Å²) < 4.78 is 5.85. The molecule has 1 atom stereocenters. The van der Waals surface area contributed by atoms with Gasteiger partial charge in [-0.25, -0.2) is 0 Å². The summed E-state index contributed by atoms with van der Waals surface area (Å²) in [6.07, 6.45) is 0.255. The number of anilines is 1. The third-order valence-electron chi connectivity index (χ3n) is 5.36. The summed E-state index contributed by atoms with van der Waals surface area (Å²) in [5.41, 5.74) is 5.22. The monoisotopic (exact) mass is 427 g/mol. The van der Waals surface area contributed by atoms with E-state index in [1.54, 1.807) is 0 Å². The maximum Gasteiger partial charge on any atom is 0.221 e. The number of nitrogens with zero attached hydrogens (tertiary/aromatic N) is 1. The average Bonchev–Trinajstić information content (AvgIpc) is 3.05. The molecule has 1 aliphatic rings. The van der Waals surface area contributed by atoms with Crippen LogP contribution in [-0.2, 0) is 17.8 Å². The fraction of sp³-hybridized carbons (Fsp3) is 0.348. The lowest BCUT2D eigenvalue weighted by Crippen LogP contribution is -2.38. The number of aliphatic hydroxyl groups excluding tert-OH is 1. The maximum absolute atomic E-state index is 11.4. The van der Waals surface area contributed by atoms with Gasteiger partial charge in [0.05, 0.1) is 5.69 Å². The van der Waals surface area contributed by atoms with Crippen molar-refractivity contribution in [1.29, 1.82) is 0 Å². The van der Waals surface area contributed by atoms with Gasteiger partial charge in [0.15, 0.2) is 0 Å². The van der Waals surface area contributed by atoms with Gasteiger partial charge in [-0.05, 0) is 48.4 Å². The van der Waals surface area contributed by atoms with Crippen molar-refractivity contribution in [2.75, 3.05) is 25.0 Å². The summed E-state index contributed by atoms with van der Waals surface area (Å²) in [7, 11) is 0. The first-order valence-electron chi connectivity index (χ1n) is 10.1. The van der Waals surface area contributed by atoms with Crippen molar-refractivity contribution in [3.05, 3.63) is 58.2 Å². The highest BCUT2D eigenvalue weighted by Crippen LogP contribution is 2.30. The van der Waals surface area contributed by atoms with Gasteiger partial charge in [-0.1, -0.05) is 17.7 Å². The number of hydrogen-bond donors (Lipinski definition) is 3. The van der Waals surface area contributed by atoms with E-state index in [1.165, 1.54) is 18.2 Å². The number of halogens is 1. The molecule has 30 heavy (non-hydrogen) atoms. The van der Waals surface area contributed by atoms with Crippen LogP contribution in [0.25, 0.3) is 10.9 Å². The molecule has 0 fully saturated rings. The Morgan fingerprint density at radius 3 is 2.97 bits per heavy atom. The molecule has 4 rings (SSSR count). The first-order chi connectivity index (χ1) is 14.4. The molecule has 2 aromatic carbocycles. The number of aromatic nitrogens is 1. The predicted molar refractivity (Wildman–Crippen MR) is 119 cm³/mol. The molecule has 1 aromatic heterocycles. The quantitative estimate of drug-likeness (QED) is 0.557. The van der Waals surface area contributed by atoms with Crippen LogP contribution in [-0.4, -0.2) is 46.7 Å². The highest BCUT2D eigenvalue weighted by atomic mass is 35.5. The number of nitrogens with one attached hydrogen (secondary N) is 2. The molecule has 0 radical (unpaired) electrons. The molecule has 0 bridgehead atoms. The van der Waals surface area contributed by atoms with Gasteiger partial charge in [0.1, 0.15) is 18.5 Å². The number of ether oxygens (including phenoxy) is 1. The fourth-order valence-corrected chi connectivity index (χ4v) is 4.15. The lowest BCUT2D eigenvalue weighted by atomic mass is 10.0. The van der Waals surface area contributed by atoms with Crippen molar-refractivity contribution in [1.82, 2.24) is 9.88 Å². The van der Waals surface area contributed by atoms with Crippen LogP contribution in [0.5, 0.6) is 5.75 Å². The second-order valence-electron chi connectivity index (χ2n) is 7.90. The Morgan fingerprint density at radius 1 is 1.33 bits per heavy atom. The SMILES string of the molecule is CC(=O)Nc1ccc(C)cc1OCC(O)CN1CCc2[nH]c3ccc(Cl)cc3c2C1. The second-order valence-corrected chi connectivity index (χ2v) is 8.34. The van der Waals surface area contributed by atoms with Crippen molar-refractivity contribution >= 4 is 34.1 Å². The first-order valence-corrected chi connectivity index (χ1v) is 10.5. The molecule has 0 spiro atoms. The lowest BCUT2D eigenvalue weighted by molar-refractivity contribution is -0.114. The number of H-pyrrole nitrogens is 1. The molecule has 2 heterocycles. The van der Waals surface area contributed by atoms with E-state index in [-0.39, 0.29) is 12.5 Å². The van der Waals surface area contributed by atoms with E-state index in [0.717, 1.165) is 41.0 Å². The Bertz CT molecular complexity index is 1080. The second kappa shape index (κ2) is 8.68. The van der Waals surface area contributed by atoms with E-state index in [1.807, 2.05) is 43.3 Å². The number of carbonyl (C=O) groups is 1. The maximum atomic E-state index is 11.4. The number of carbonyl (C=O) groups excluding carboxylic acids is 1. The first kappa shape index (κ1) is 20.7. The van der Waals surface area contributed by atoms with E-state index in [0.29, 0.717) is 18.0 Å². The van der Waals surface area contributed by atoms with E-state index in [9.17, 15) is 9.90 Å². The summed E-state index contributed by atoms with van der Waals surface area (Å²) >= 11 is 6.18. The number of benzene rings is 2. The van der Waals surface area contributed by atoms with Gasteiger partial charge in [0.25, 0.3) is 0 Å². The van der Waals surface area contributed by atoms with Gasteiger partial charge in [-0.2, -0.15) is 0 Å². The van der Waals surface area contributed by atoms with Crippen LogP contribution in [0, 0.1) is 6.92 Å². The highest BCUT2D eigenvalue weighted by molar-refractivity contribution is 6.31. The molecule has 1 unspecified atom stereocenters. The van der Waals surface area contributed by atoms with Crippen molar-refractivity contribution < 1.29 is 14.6 Å². The molecule has 1 amide bonds. The Balaban J connectivity index is 1.39. The topological polar surface area (TPSA) is 77.6 Å². The molecule has 0 aliphatic carbocycles. The highest BCUT2D eigenvalue weighted by Gasteiger charge is 2.23. The van der Waals surface area contributed by atoms with Crippen LogP contribution >= 0.6 is 11.6 Å². The Kier molecular flexibility index (Phi) is 5.99. The molecule has 7 heteroatoms. The molecular formula is C23H26ClN3O3. The van der Waals surface area contributed by atoms with Gasteiger partial charge in [-0.15, -0.1) is 0 Å². The van der Waals surface area contributed by atoms with E-state index < -0.39 is 6.10 Å². The van der Waals surface area contributed by atoms with Crippen LogP contribution in [0.4, 0.5) is 5.69 Å². The summed E-state index contributed by atoms with van der Waals surface area (Å²) in [5, 5.41) is 15.2. The van der Waals surface area contributed by atoms with Gasteiger partial charge in [-0.3, -0.25) is 9.69 Å². The van der Waals surface area contributed by atoms with Crippen molar-refractivity contribution in [3.8, 4) is 5.75 Å². The molecule has 0 saturated heterocycles. The fourth-order valence-electron chi connectivity index (χ4n) is 3.98. The smallest absolute Gasteiger partial charge is 0.221 e. The van der Waals surface area contributed by atoms with E-state index >= 15 is 0 Å². The number of fused-ring (bicyclic) bond motifs is 3. The molecule has 0 saturated carbocycles.